The summed E-state index contributed by atoms with van der Waals surface area (Å²) in [5.74, 6) is -6.64. The molecule has 1 atom stereocenters. The number of methoxy groups -OCH3 is 1. The van der Waals surface area contributed by atoms with Gasteiger partial charge in [0.05, 0.1) is 60.3 Å². The third kappa shape index (κ3) is 8.49. The Morgan fingerprint density at radius 2 is 1.62 bits per heavy atom. The van der Waals surface area contributed by atoms with Crippen LogP contribution in [-0.4, -0.2) is 152 Å². The molecule has 0 spiro atoms. The first kappa shape index (κ1) is 44.5. The van der Waals surface area contributed by atoms with Crippen molar-refractivity contribution in [3.8, 4) is 5.75 Å². The lowest BCUT2D eigenvalue weighted by Crippen LogP contribution is -2.54. The summed E-state index contributed by atoms with van der Waals surface area (Å²) in [7, 11) is 2.81. The number of nitrogens with zero attached hydrogens (tertiary/aromatic N) is 7. The van der Waals surface area contributed by atoms with E-state index in [0.717, 1.165) is 35.5 Å². The monoisotopic (exact) mass is 910 g/mol. The molecule has 348 valence electrons. The highest BCUT2D eigenvalue weighted by Gasteiger charge is 2.49. The number of nitrogens with one attached hydrogen (secondary N) is 3. The first-order chi connectivity index (χ1) is 31.7. The van der Waals surface area contributed by atoms with Crippen LogP contribution in [0.1, 0.15) is 82.4 Å². The fourth-order valence-electron chi connectivity index (χ4n) is 10.1. The molecule has 1 unspecified atom stereocenters. The Morgan fingerprint density at radius 3 is 2.33 bits per heavy atom. The molecule has 3 N–H and O–H groups in total. The van der Waals surface area contributed by atoms with Gasteiger partial charge in [-0.1, -0.05) is 18.9 Å². The largest absolute Gasteiger partial charge is 0.495 e. The van der Waals surface area contributed by atoms with Crippen molar-refractivity contribution in [2.45, 2.75) is 75.4 Å². The van der Waals surface area contributed by atoms with Crippen LogP contribution in [0.5, 0.6) is 5.75 Å². The van der Waals surface area contributed by atoms with Gasteiger partial charge in [0.1, 0.15) is 17.6 Å². The van der Waals surface area contributed by atoms with E-state index in [4.69, 9.17) is 4.74 Å². The van der Waals surface area contributed by atoms with Crippen LogP contribution in [0.15, 0.2) is 48.7 Å². The Labute approximate surface area is 379 Å². The summed E-state index contributed by atoms with van der Waals surface area (Å²) in [5.41, 5.74) is 2.72. The summed E-state index contributed by atoms with van der Waals surface area (Å²) in [4.78, 5) is 105. The lowest BCUT2D eigenvalue weighted by Gasteiger charge is -2.38. The van der Waals surface area contributed by atoms with Crippen molar-refractivity contribution in [1.29, 1.82) is 0 Å². The van der Waals surface area contributed by atoms with Crippen LogP contribution in [0, 0.1) is 0 Å². The van der Waals surface area contributed by atoms with Crippen LogP contribution in [0.2, 0.25) is 0 Å². The summed E-state index contributed by atoms with van der Waals surface area (Å²) in [6, 6.07) is 10.3. The summed E-state index contributed by atoms with van der Waals surface area (Å²) in [5, 5.41) is 8.52. The van der Waals surface area contributed by atoms with Crippen LogP contribution >= 0.6 is 0 Å². The molecule has 1 aliphatic carbocycles. The van der Waals surface area contributed by atoms with Gasteiger partial charge >= 0.3 is 5.92 Å². The second-order valence-corrected chi connectivity index (χ2v) is 17.8. The maximum Gasteiger partial charge on any atom is 0.342 e. The number of amides is 7. The van der Waals surface area contributed by atoms with E-state index in [1.165, 1.54) is 20.4 Å². The third-order valence-corrected chi connectivity index (χ3v) is 13.7. The predicted molar refractivity (Wildman–Crippen MR) is 237 cm³/mol. The van der Waals surface area contributed by atoms with E-state index in [9.17, 15) is 33.6 Å². The molecule has 0 radical (unpaired) electrons. The number of pyridine rings is 1. The van der Waals surface area contributed by atoms with Crippen molar-refractivity contribution in [3.05, 3.63) is 65.4 Å². The van der Waals surface area contributed by atoms with Gasteiger partial charge in [-0.3, -0.25) is 48.7 Å². The molecule has 5 aliphatic heterocycles. The number of piperidine rings is 2. The molecule has 20 heteroatoms. The maximum atomic E-state index is 15.1. The maximum absolute atomic E-state index is 15.1. The lowest BCUT2D eigenvalue weighted by atomic mass is 10.0. The minimum Gasteiger partial charge on any atom is -0.495 e. The third-order valence-electron chi connectivity index (χ3n) is 13.7. The number of rotatable bonds is 10. The van der Waals surface area contributed by atoms with E-state index >= 15 is 8.78 Å². The van der Waals surface area contributed by atoms with Crippen molar-refractivity contribution in [2.75, 3.05) is 86.5 Å². The highest BCUT2D eigenvalue weighted by Crippen LogP contribution is 2.42. The van der Waals surface area contributed by atoms with Crippen molar-refractivity contribution in [1.82, 2.24) is 30.3 Å². The molecule has 4 fully saturated rings. The molecule has 3 saturated heterocycles. The zero-order chi connectivity index (χ0) is 46.4. The van der Waals surface area contributed by atoms with E-state index in [2.05, 4.69) is 25.8 Å². The number of carbonyl (C=O) groups excluding carboxylic acids is 7. The number of alkyl halides is 2. The average Bonchev–Trinajstić information content (AvgIpc) is 3.93. The van der Waals surface area contributed by atoms with Gasteiger partial charge in [-0.2, -0.15) is 8.78 Å². The number of fused-ring (bicyclic) bond motifs is 2. The fraction of sp³-hybridized carbons (Fsp3) is 0.478. The number of hydrogen-bond acceptors (Lipinski definition) is 13. The number of imide groups is 2. The molecular weight excluding hydrogens is 859 g/mol. The van der Waals surface area contributed by atoms with Crippen LogP contribution in [0.25, 0.3) is 0 Å². The van der Waals surface area contributed by atoms with Gasteiger partial charge in [-0.25, -0.2) is 4.98 Å². The van der Waals surface area contributed by atoms with Crippen molar-refractivity contribution < 1.29 is 47.1 Å². The van der Waals surface area contributed by atoms with Gasteiger partial charge in [0.2, 0.25) is 17.7 Å². The number of aromatic nitrogens is 1. The number of piperazine rings is 1. The standard InChI is InChI=1S/C46H52F2N10O8/c1-53-35-24-49-37(23-34(35)57(29-6-3-4-7-29)26-46(47,48)45(53)65)51-31-11-10-27(22-36(31)66-2)41(61)50-28-14-16-56(17-15-28)39(60)25-54-18-20-55(21-19-54)32-9-5-8-30-40(32)44(64)58(43(30)63)33-12-13-38(59)52-42(33)62/h5,8-11,22-24,28-29,33H,3-4,6-7,12-21,25-26H2,1-2H3,(H,49,51)(H,50,61)(H,52,59,62). The quantitative estimate of drug-likeness (QED) is 0.251. The number of benzene rings is 2. The molecular formula is C46H52F2N10O8. The van der Waals surface area contributed by atoms with E-state index < -0.39 is 48.0 Å². The molecule has 2 aromatic carbocycles. The number of carbonyl (C=O) groups is 7. The van der Waals surface area contributed by atoms with Crippen LogP contribution in [-0.2, 0) is 19.2 Å². The number of anilines is 5. The summed E-state index contributed by atoms with van der Waals surface area (Å²) >= 11 is 0. The van der Waals surface area contributed by atoms with Crippen LogP contribution in [0.4, 0.5) is 37.3 Å². The molecule has 18 nitrogen and oxygen atoms in total. The number of halogens is 2. The van der Waals surface area contributed by atoms with Crippen molar-refractivity contribution in [3.63, 3.8) is 0 Å². The Bertz CT molecular complexity index is 2480. The first-order valence-electron chi connectivity index (χ1n) is 22.5. The molecule has 7 amide bonds. The average molecular weight is 911 g/mol. The van der Waals surface area contributed by atoms with E-state index in [1.54, 1.807) is 52.3 Å². The molecule has 1 aromatic heterocycles. The van der Waals surface area contributed by atoms with Crippen molar-refractivity contribution >= 4 is 69.9 Å². The van der Waals surface area contributed by atoms with Gasteiger partial charge in [0.15, 0.2) is 0 Å². The predicted octanol–water partition coefficient (Wildman–Crippen LogP) is 3.14. The van der Waals surface area contributed by atoms with Gasteiger partial charge in [-0.15, -0.1) is 0 Å². The van der Waals surface area contributed by atoms with Crippen molar-refractivity contribution in [2.24, 2.45) is 0 Å². The second kappa shape index (κ2) is 17.9. The van der Waals surface area contributed by atoms with Gasteiger partial charge in [0.25, 0.3) is 23.6 Å². The van der Waals surface area contributed by atoms with E-state index in [1.807, 2.05) is 4.90 Å². The fourth-order valence-corrected chi connectivity index (χ4v) is 10.1. The molecule has 66 heavy (non-hydrogen) atoms. The van der Waals surface area contributed by atoms with Crippen LogP contribution < -0.4 is 35.4 Å². The normalized spacial score (nSPS) is 21.7. The topological polar surface area (TPSA) is 197 Å². The molecule has 3 aromatic rings. The summed E-state index contributed by atoms with van der Waals surface area (Å²) in [6.07, 6.45) is 6.02. The smallest absolute Gasteiger partial charge is 0.342 e. The van der Waals surface area contributed by atoms with E-state index in [0.29, 0.717) is 92.0 Å². The molecule has 9 rings (SSSR count). The number of ether oxygens (including phenoxy) is 1. The molecule has 6 heterocycles. The number of likely N-dealkylation sites (tertiary alicyclic amines) is 1. The lowest BCUT2D eigenvalue weighted by molar-refractivity contribution is -0.140. The van der Waals surface area contributed by atoms with E-state index in [-0.39, 0.29) is 54.4 Å². The zero-order valence-corrected chi connectivity index (χ0v) is 36.8. The van der Waals surface area contributed by atoms with Gasteiger partial charge < -0.3 is 35.0 Å². The highest BCUT2D eigenvalue weighted by molar-refractivity contribution is 6.25. The molecule has 6 aliphatic rings. The highest BCUT2D eigenvalue weighted by atomic mass is 19.3. The summed E-state index contributed by atoms with van der Waals surface area (Å²) < 4.78 is 35.8. The second-order valence-electron chi connectivity index (χ2n) is 17.8. The Hall–Kier alpha value is -6.70. The Morgan fingerprint density at radius 1 is 0.879 bits per heavy atom. The molecule has 0 bridgehead atoms. The minimum absolute atomic E-state index is 0.0176. The number of hydrogen-bond donors (Lipinski definition) is 3. The van der Waals surface area contributed by atoms with Gasteiger partial charge in [-0.05, 0) is 62.4 Å². The van der Waals surface area contributed by atoms with Crippen LogP contribution in [0.3, 0.4) is 0 Å². The molecule has 1 saturated carbocycles. The van der Waals surface area contributed by atoms with Gasteiger partial charge in [0, 0.05) is 76.5 Å². The first-order valence-corrected chi connectivity index (χ1v) is 22.5. The zero-order valence-electron chi connectivity index (χ0n) is 36.8. The minimum atomic E-state index is -3.56. The SMILES string of the molecule is COc1cc(C(=O)NC2CCN(C(=O)CN3CCN(c4cccc5c4C(=O)N(C4CCC(=O)NC4=O)C5=O)CC3)CC2)ccc1Nc1cc2c(cn1)N(C)C(=O)C(F)(F)CN2C1CCCC1. The summed E-state index contributed by atoms with van der Waals surface area (Å²) in [6.45, 7) is 2.55. The Kier molecular flexibility index (Phi) is 12.1. The Balaban J connectivity index is 0.764.